The highest BCUT2D eigenvalue weighted by atomic mass is 32.1. The third kappa shape index (κ3) is 5.54. The Kier molecular flexibility index (Phi) is 6.48. The lowest BCUT2D eigenvalue weighted by atomic mass is 10.1. The predicted octanol–water partition coefficient (Wildman–Crippen LogP) is 5.06. The maximum absolute atomic E-state index is 13.0. The van der Waals surface area contributed by atoms with Gasteiger partial charge in [0, 0.05) is 24.4 Å². The summed E-state index contributed by atoms with van der Waals surface area (Å²) in [7, 11) is 0. The first-order valence-electron chi connectivity index (χ1n) is 8.82. The molecule has 0 aliphatic heterocycles. The lowest BCUT2D eigenvalue weighted by Gasteiger charge is -2.07. The van der Waals surface area contributed by atoms with E-state index in [1.807, 2.05) is 6.07 Å². The zero-order valence-electron chi connectivity index (χ0n) is 15.5. The van der Waals surface area contributed by atoms with Gasteiger partial charge in [-0.1, -0.05) is 18.2 Å². The van der Waals surface area contributed by atoms with E-state index in [-0.39, 0.29) is 19.6 Å². The van der Waals surface area contributed by atoms with Crippen LogP contribution in [0.3, 0.4) is 0 Å². The zero-order chi connectivity index (χ0) is 20.9. The lowest BCUT2D eigenvalue weighted by Crippen LogP contribution is -2.23. The number of alkyl halides is 3. The average Bonchev–Trinajstić information content (AvgIpc) is 3.09. The first-order chi connectivity index (χ1) is 13.9. The van der Waals surface area contributed by atoms with E-state index in [4.69, 9.17) is 4.74 Å². The Hall–Kier alpha value is -2.94. The standard InChI is InChI=1S/C20H18F3N3O2S/c1-2-28-19(27)25-12-16-18(14-6-4-8-24-11-14)26-17(29-16)10-13-5-3-7-15(9-13)20(21,22)23/h3-9,11H,2,10,12H2,1H3,(H,25,27). The fraction of sp³-hybridized carbons (Fsp3) is 0.250. The van der Waals surface area contributed by atoms with E-state index in [1.165, 1.54) is 17.4 Å². The monoisotopic (exact) mass is 421 g/mol. The Morgan fingerprint density at radius 3 is 2.76 bits per heavy atom. The van der Waals surface area contributed by atoms with Gasteiger partial charge in [0.25, 0.3) is 0 Å². The number of alkyl carbamates (subject to hydrolysis) is 1. The molecule has 1 amide bonds. The second-order valence-corrected chi connectivity index (χ2v) is 7.24. The number of hydrogen-bond donors (Lipinski definition) is 1. The number of halogens is 3. The van der Waals surface area contributed by atoms with E-state index in [0.717, 1.165) is 22.6 Å². The summed E-state index contributed by atoms with van der Waals surface area (Å²) in [6.45, 7) is 2.16. The number of thiazole rings is 1. The molecule has 3 aromatic rings. The van der Waals surface area contributed by atoms with E-state index in [9.17, 15) is 18.0 Å². The molecule has 29 heavy (non-hydrogen) atoms. The SMILES string of the molecule is CCOC(=O)NCc1sc(Cc2cccc(C(F)(F)F)c2)nc1-c1cccnc1. The van der Waals surface area contributed by atoms with Crippen molar-refractivity contribution in [3.05, 3.63) is 69.8 Å². The molecule has 0 saturated heterocycles. The third-order valence-corrected chi connectivity index (χ3v) is 5.01. The summed E-state index contributed by atoms with van der Waals surface area (Å²) >= 11 is 1.33. The smallest absolute Gasteiger partial charge is 0.416 e. The number of nitrogens with one attached hydrogen (secondary N) is 1. The van der Waals surface area contributed by atoms with Crippen molar-refractivity contribution in [3.8, 4) is 11.3 Å². The molecule has 0 aliphatic carbocycles. The van der Waals surface area contributed by atoms with Gasteiger partial charge < -0.3 is 10.1 Å². The van der Waals surface area contributed by atoms with Crippen molar-refractivity contribution in [2.45, 2.75) is 26.1 Å². The maximum Gasteiger partial charge on any atom is 0.416 e. The van der Waals surface area contributed by atoms with Gasteiger partial charge in [-0.25, -0.2) is 9.78 Å². The molecule has 0 aliphatic rings. The second kappa shape index (κ2) is 9.04. The fourth-order valence-corrected chi connectivity index (χ4v) is 3.76. The van der Waals surface area contributed by atoms with Crippen LogP contribution in [-0.4, -0.2) is 22.7 Å². The van der Waals surface area contributed by atoms with Crippen LogP contribution in [0.4, 0.5) is 18.0 Å². The van der Waals surface area contributed by atoms with Gasteiger partial charge in [0.2, 0.25) is 0 Å². The molecule has 0 saturated carbocycles. The number of carbonyl (C=O) groups excluding carboxylic acids is 1. The van der Waals surface area contributed by atoms with Gasteiger partial charge in [-0.05, 0) is 30.7 Å². The first-order valence-corrected chi connectivity index (χ1v) is 9.64. The summed E-state index contributed by atoms with van der Waals surface area (Å²) < 4.78 is 43.8. The third-order valence-electron chi connectivity index (χ3n) is 3.95. The molecule has 3 rings (SSSR count). The van der Waals surface area contributed by atoms with Crippen molar-refractivity contribution < 1.29 is 22.7 Å². The van der Waals surface area contributed by atoms with E-state index in [0.29, 0.717) is 16.3 Å². The molecule has 0 bridgehead atoms. The van der Waals surface area contributed by atoms with Gasteiger partial charge >= 0.3 is 12.3 Å². The zero-order valence-corrected chi connectivity index (χ0v) is 16.3. The number of nitrogens with zero attached hydrogens (tertiary/aromatic N) is 2. The highest BCUT2D eigenvalue weighted by Crippen LogP contribution is 2.32. The topological polar surface area (TPSA) is 64.1 Å². The lowest BCUT2D eigenvalue weighted by molar-refractivity contribution is -0.137. The maximum atomic E-state index is 13.0. The molecule has 0 unspecified atom stereocenters. The molecule has 0 fully saturated rings. The van der Waals surface area contributed by atoms with Crippen molar-refractivity contribution in [1.29, 1.82) is 0 Å². The van der Waals surface area contributed by atoms with Crippen LogP contribution in [0, 0.1) is 0 Å². The Labute approximate surface area is 169 Å². The largest absolute Gasteiger partial charge is 0.450 e. The summed E-state index contributed by atoms with van der Waals surface area (Å²) in [6.07, 6.45) is -1.40. The first kappa shape index (κ1) is 20.8. The Bertz CT molecular complexity index is 975. The molecule has 152 valence electrons. The molecule has 5 nitrogen and oxygen atoms in total. The van der Waals surface area contributed by atoms with Crippen LogP contribution in [0.25, 0.3) is 11.3 Å². The van der Waals surface area contributed by atoms with Gasteiger partial charge in [0.1, 0.15) is 0 Å². The quantitative estimate of drug-likeness (QED) is 0.604. The van der Waals surface area contributed by atoms with Gasteiger partial charge in [0.05, 0.1) is 34.3 Å². The van der Waals surface area contributed by atoms with Crippen LogP contribution < -0.4 is 5.32 Å². The molecule has 9 heteroatoms. The molecule has 1 N–H and O–H groups in total. The molecule has 2 aromatic heterocycles. The van der Waals surface area contributed by atoms with Crippen molar-refractivity contribution in [2.24, 2.45) is 0 Å². The molecule has 0 spiro atoms. The summed E-state index contributed by atoms with van der Waals surface area (Å²) in [5.41, 5.74) is 1.22. The second-order valence-electron chi connectivity index (χ2n) is 6.07. The van der Waals surface area contributed by atoms with Crippen molar-refractivity contribution in [2.75, 3.05) is 6.61 Å². The Morgan fingerprint density at radius 1 is 1.24 bits per heavy atom. The number of aromatic nitrogens is 2. The molecular weight excluding hydrogens is 403 g/mol. The van der Waals surface area contributed by atoms with Crippen molar-refractivity contribution in [1.82, 2.24) is 15.3 Å². The van der Waals surface area contributed by atoms with Crippen LogP contribution in [-0.2, 0) is 23.9 Å². The Balaban J connectivity index is 1.87. The van der Waals surface area contributed by atoms with Gasteiger partial charge in [-0.3, -0.25) is 4.98 Å². The molecule has 0 radical (unpaired) electrons. The molecule has 0 atom stereocenters. The van der Waals surface area contributed by atoms with Crippen molar-refractivity contribution >= 4 is 17.4 Å². The fourth-order valence-electron chi connectivity index (χ4n) is 2.69. The number of hydrogen-bond acceptors (Lipinski definition) is 5. The van der Waals surface area contributed by atoms with Crippen LogP contribution in [0.2, 0.25) is 0 Å². The van der Waals surface area contributed by atoms with E-state index in [1.54, 1.807) is 31.5 Å². The average molecular weight is 421 g/mol. The number of ether oxygens (including phenoxy) is 1. The van der Waals surface area contributed by atoms with Gasteiger partial charge in [-0.2, -0.15) is 13.2 Å². The van der Waals surface area contributed by atoms with Gasteiger partial charge in [-0.15, -0.1) is 11.3 Å². The van der Waals surface area contributed by atoms with E-state index in [2.05, 4.69) is 15.3 Å². The highest BCUT2D eigenvalue weighted by molar-refractivity contribution is 7.12. The number of pyridine rings is 1. The highest BCUT2D eigenvalue weighted by Gasteiger charge is 2.30. The summed E-state index contributed by atoms with van der Waals surface area (Å²) in [5.74, 6) is 0. The van der Waals surface area contributed by atoms with Crippen LogP contribution in [0.1, 0.15) is 27.9 Å². The van der Waals surface area contributed by atoms with Crippen LogP contribution in [0.5, 0.6) is 0 Å². The summed E-state index contributed by atoms with van der Waals surface area (Å²) in [4.78, 5) is 21.1. The number of amides is 1. The van der Waals surface area contributed by atoms with Crippen molar-refractivity contribution in [3.63, 3.8) is 0 Å². The molecular formula is C20H18F3N3O2S. The number of rotatable bonds is 6. The predicted molar refractivity (Wildman–Crippen MR) is 103 cm³/mol. The normalized spacial score (nSPS) is 11.3. The minimum Gasteiger partial charge on any atom is -0.450 e. The number of carbonyl (C=O) groups is 1. The minimum absolute atomic E-state index is 0.198. The Morgan fingerprint density at radius 2 is 2.07 bits per heavy atom. The van der Waals surface area contributed by atoms with Gasteiger partial charge in [0.15, 0.2) is 0 Å². The molecule has 2 heterocycles. The summed E-state index contributed by atoms with van der Waals surface area (Å²) in [6, 6.07) is 8.80. The van der Waals surface area contributed by atoms with Crippen LogP contribution in [0.15, 0.2) is 48.8 Å². The van der Waals surface area contributed by atoms with E-state index < -0.39 is 17.8 Å². The van der Waals surface area contributed by atoms with Crippen LogP contribution >= 0.6 is 11.3 Å². The summed E-state index contributed by atoms with van der Waals surface area (Å²) in [5, 5.41) is 3.30. The minimum atomic E-state index is -4.39. The molecule has 1 aromatic carbocycles. The van der Waals surface area contributed by atoms with E-state index >= 15 is 0 Å². The number of benzene rings is 1.